The van der Waals surface area contributed by atoms with Gasteiger partial charge in [0.15, 0.2) is 5.69 Å². The smallest absolute Gasteiger partial charge is 0.420 e. The van der Waals surface area contributed by atoms with Gasteiger partial charge in [0.2, 0.25) is 0 Å². The summed E-state index contributed by atoms with van der Waals surface area (Å²) in [5, 5.41) is 12.5. The molecule has 0 fully saturated rings. The number of carboxylic acid groups (broad SMARTS) is 1. The minimum Gasteiger partial charge on any atom is -0.476 e. The number of aromatic carboxylic acids is 1. The standard InChI is InChI=1S/C11H5Cl2F3N2O2/c12-7-2-1-5(3-8(7)13)18-4-6(11(14,15)16)9(17-18)10(19)20/h1-4H,(H,19,20). The molecule has 0 aliphatic carbocycles. The van der Waals surface area contributed by atoms with Crippen molar-refractivity contribution >= 4 is 29.2 Å². The molecule has 2 rings (SSSR count). The van der Waals surface area contributed by atoms with Crippen LogP contribution in [0, 0.1) is 0 Å². The van der Waals surface area contributed by atoms with Crippen LogP contribution in [-0.2, 0) is 6.18 Å². The molecule has 0 bridgehead atoms. The second kappa shape index (κ2) is 4.99. The van der Waals surface area contributed by atoms with E-state index in [0.29, 0.717) is 6.20 Å². The lowest BCUT2D eigenvalue weighted by Crippen LogP contribution is -2.10. The molecule has 0 saturated heterocycles. The molecule has 20 heavy (non-hydrogen) atoms. The van der Waals surface area contributed by atoms with Gasteiger partial charge in [0.1, 0.15) is 5.56 Å². The largest absolute Gasteiger partial charge is 0.476 e. The number of alkyl halides is 3. The molecule has 1 aromatic carbocycles. The number of aromatic nitrogens is 2. The summed E-state index contributed by atoms with van der Waals surface area (Å²) in [4.78, 5) is 10.8. The van der Waals surface area contributed by atoms with Gasteiger partial charge in [-0.05, 0) is 18.2 Å². The van der Waals surface area contributed by atoms with Gasteiger partial charge >= 0.3 is 12.1 Å². The molecule has 2 aromatic rings. The Morgan fingerprint density at radius 3 is 2.35 bits per heavy atom. The van der Waals surface area contributed by atoms with E-state index >= 15 is 0 Å². The van der Waals surface area contributed by atoms with Gasteiger partial charge in [-0.25, -0.2) is 9.48 Å². The molecule has 0 aliphatic rings. The Morgan fingerprint density at radius 2 is 1.90 bits per heavy atom. The van der Waals surface area contributed by atoms with Gasteiger partial charge in [-0.15, -0.1) is 0 Å². The third kappa shape index (κ3) is 2.73. The van der Waals surface area contributed by atoms with Gasteiger partial charge in [-0.1, -0.05) is 23.2 Å². The van der Waals surface area contributed by atoms with E-state index in [4.69, 9.17) is 28.3 Å². The highest BCUT2D eigenvalue weighted by atomic mass is 35.5. The highest BCUT2D eigenvalue weighted by Gasteiger charge is 2.38. The third-order valence-electron chi connectivity index (χ3n) is 2.39. The summed E-state index contributed by atoms with van der Waals surface area (Å²) in [6, 6.07) is 4.02. The van der Waals surface area contributed by atoms with Crippen molar-refractivity contribution in [2.45, 2.75) is 6.18 Å². The van der Waals surface area contributed by atoms with Crippen molar-refractivity contribution in [2.75, 3.05) is 0 Å². The van der Waals surface area contributed by atoms with Crippen LogP contribution in [0.15, 0.2) is 24.4 Å². The van der Waals surface area contributed by atoms with E-state index in [1.54, 1.807) is 0 Å². The van der Waals surface area contributed by atoms with Gasteiger partial charge < -0.3 is 5.11 Å². The first-order valence-electron chi connectivity index (χ1n) is 5.05. The summed E-state index contributed by atoms with van der Waals surface area (Å²) >= 11 is 11.4. The zero-order valence-corrected chi connectivity index (χ0v) is 11.0. The number of rotatable bonds is 2. The summed E-state index contributed by atoms with van der Waals surface area (Å²) < 4.78 is 38.9. The zero-order chi connectivity index (χ0) is 15.1. The number of benzene rings is 1. The topological polar surface area (TPSA) is 55.1 Å². The molecule has 0 unspecified atom stereocenters. The van der Waals surface area contributed by atoms with Gasteiger partial charge in [-0.2, -0.15) is 18.3 Å². The van der Waals surface area contributed by atoms with E-state index in [1.807, 2.05) is 0 Å². The molecule has 0 aliphatic heterocycles. The molecule has 0 amide bonds. The van der Waals surface area contributed by atoms with E-state index in [9.17, 15) is 18.0 Å². The fourth-order valence-corrected chi connectivity index (χ4v) is 1.79. The maximum Gasteiger partial charge on any atom is 0.420 e. The highest BCUT2D eigenvalue weighted by molar-refractivity contribution is 6.42. The normalized spacial score (nSPS) is 11.7. The Balaban J connectivity index is 2.58. The van der Waals surface area contributed by atoms with Crippen LogP contribution in [0.3, 0.4) is 0 Å². The molecule has 1 aromatic heterocycles. The number of hydrogen-bond acceptors (Lipinski definition) is 2. The quantitative estimate of drug-likeness (QED) is 0.911. The second-order valence-electron chi connectivity index (χ2n) is 3.74. The van der Waals surface area contributed by atoms with Crippen LogP contribution in [0.25, 0.3) is 5.69 Å². The zero-order valence-electron chi connectivity index (χ0n) is 9.45. The maximum absolute atomic E-state index is 12.7. The van der Waals surface area contributed by atoms with Crippen LogP contribution in [-0.4, -0.2) is 20.9 Å². The molecule has 0 radical (unpaired) electrons. The van der Waals surface area contributed by atoms with Crippen LogP contribution in [0.4, 0.5) is 13.2 Å². The van der Waals surface area contributed by atoms with Crippen molar-refractivity contribution in [3.05, 3.63) is 45.7 Å². The van der Waals surface area contributed by atoms with Crippen molar-refractivity contribution in [1.29, 1.82) is 0 Å². The van der Waals surface area contributed by atoms with Crippen molar-refractivity contribution in [3.63, 3.8) is 0 Å². The van der Waals surface area contributed by atoms with Crippen molar-refractivity contribution in [2.24, 2.45) is 0 Å². The Morgan fingerprint density at radius 1 is 1.25 bits per heavy atom. The SMILES string of the molecule is O=C(O)c1nn(-c2ccc(Cl)c(Cl)c2)cc1C(F)(F)F. The molecule has 4 nitrogen and oxygen atoms in total. The van der Waals surface area contributed by atoms with E-state index in [1.165, 1.54) is 18.2 Å². The monoisotopic (exact) mass is 324 g/mol. The van der Waals surface area contributed by atoms with Crippen LogP contribution in [0.1, 0.15) is 16.1 Å². The van der Waals surface area contributed by atoms with Crippen LogP contribution >= 0.6 is 23.2 Å². The Labute approximate surface area is 120 Å². The molecule has 1 N–H and O–H groups in total. The first kappa shape index (κ1) is 14.7. The fraction of sp³-hybridized carbons (Fsp3) is 0.0909. The summed E-state index contributed by atoms with van der Waals surface area (Å²) in [6.45, 7) is 0. The van der Waals surface area contributed by atoms with E-state index in [-0.39, 0.29) is 15.7 Å². The lowest BCUT2D eigenvalue weighted by Gasteiger charge is -2.03. The molecule has 1 heterocycles. The minimum absolute atomic E-state index is 0.116. The molecule has 106 valence electrons. The summed E-state index contributed by atoms with van der Waals surface area (Å²) in [5.41, 5.74) is -2.25. The molecular weight excluding hydrogens is 320 g/mol. The molecule has 0 spiro atoms. The Hall–Kier alpha value is -1.73. The molecule has 9 heteroatoms. The van der Waals surface area contributed by atoms with Gasteiger partial charge in [-0.3, -0.25) is 0 Å². The van der Waals surface area contributed by atoms with E-state index in [2.05, 4.69) is 5.10 Å². The van der Waals surface area contributed by atoms with Crippen molar-refractivity contribution in [3.8, 4) is 5.69 Å². The predicted molar refractivity (Wildman–Crippen MR) is 65.5 cm³/mol. The Kier molecular flexibility index (Phi) is 3.66. The molecule has 0 saturated carbocycles. The number of halogens is 5. The first-order valence-corrected chi connectivity index (χ1v) is 5.81. The van der Waals surface area contributed by atoms with E-state index in [0.717, 1.165) is 4.68 Å². The lowest BCUT2D eigenvalue weighted by molar-refractivity contribution is -0.138. The molecule has 0 atom stereocenters. The average Bonchev–Trinajstić information content (AvgIpc) is 2.77. The van der Waals surface area contributed by atoms with Gasteiger partial charge in [0.05, 0.1) is 15.7 Å². The van der Waals surface area contributed by atoms with Gasteiger partial charge in [0.25, 0.3) is 0 Å². The lowest BCUT2D eigenvalue weighted by atomic mass is 10.2. The third-order valence-corrected chi connectivity index (χ3v) is 3.13. The second-order valence-corrected chi connectivity index (χ2v) is 4.55. The number of carbonyl (C=O) groups is 1. The summed E-state index contributed by atoms with van der Waals surface area (Å²) in [5.74, 6) is -1.77. The maximum atomic E-state index is 12.7. The van der Waals surface area contributed by atoms with Crippen LogP contribution in [0.2, 0.25) is 10.0 Å². The Bertz CT molecular complexity index is 683. The summed E-state index contributed by atoms with van der Waals surface area (Å²) in [7, 11) is 0. The van der Waals surface area contributed by atoms with Crippen LogP contribution < -0.4 is 0 Å². The predicted octanol–water partition coefficient (Wildman–Crippen LogP) is 3.90. The number of hydrogen-bond donors (Lipinski definition) is 1. The van der Waals surface area contributed by atoms with E-state index < -0.39 is 23.4 Å². The summed E-state index contributed by atoms with van der Waals surface area (Å²) in [6.07, 6.45) is -4.23. The number of nitrogens with zero attached hydrogens (tertiary/aromatic N) is 2. The number of carboxylic acids is 1. The first-order chi connectivity index (χ1) is 9.20. The minimum atomic E-state index is -4.82. The van der Waals surface area contributed by atoms with Gasteiger partial charge in [0, 0.05) is 6.20 Å². The van der Waals surface area contributed by atoms with Crippen molar-refractivity contribution in [1.82, 2.24) is 9.78 Å². The van der Waals surface area contributed by atoms with Crippen molar-refractivity contribution < 1.29 is 23.1 Å². The molecular formula is C11H5Cl2F3N2O2. The average molecular weight is 325 g/mol. The fourth-order valence-electron chi connectivity index (χ4n) is 1.50. The highest BCUT2D eigenvalue weighted by Crippen LogP contribution is 2.33. The van der Waals surface area contributed by atoms with Crippen LogP contribution in [0.5, 0.6) is 0 Å².